The van der Waals surface area contributed by atoms with Gasteiger partial charge in [0.1, 0.15) is 11.6 Å². The molecule has 2 N–H and O–H groups in total. The second-order valence-electron chi connectivity index (χ2n) is 3.65. The van der Waals surface area contributed by atoms with Crippen LogP contribution in [0.5, 0.6) is 5.75 Å². The molecule has 1 aromatic rings. The van der Waals surface area contributed by atoms with Gasteiger partial charge < -0.3 is 14.8 Å². The van der Waals surface area contributed by atoms with Crippen molar-refractivity contribution in [1.82, 2.24) is 0 Å². The Balaban J connectivity index is 2.58. The Morgan fingerprint density at radius 3 is 2.62 bits per heavy atom. The van der Waals surface area contributed by atoms with Gasteiger partial charge in [-0.3, -0.25) is 0 Å². The molecule has 88 valence electrons. The van der Waals surface area contributed by atoms with Crippen molar-refractivity contribution >= 4 is 12.6 Å². The summed E-state index contributed by atoms with van der Waals surface area (Å²) in [7, 11) is -1.67. The normalized spacial score (nSPS) is 10.2. The molecule has 0 bridgehead atoms. The lowest BCUT2D eigenvalue weighted by molar-refractivity contribution is 0.305. The maximum atomic E-state index is 13.1. The summed E-state index contributed by atoms with van der Waals surface area (Å²) in [6.07, 6.45) is 3.06. The van der Waals surface area contributed by atoms with E-state index in [1.807, 2.05) is 0 Å². The first kappa shape index (κ1) is 13.0. The second kappa shape index (κ2) is 6.50. The topological polar surface area (TPSA) is 49.7 Å². The number of unbranched alkanes of at least 4 members (excludes halogenated alkanes) is 2. The standard InChI is InChI=1S/C11H16BFO3/c1-2-3-4-5-16-11-7-9(12(14)15)6-10(13)8-11/h6-8,14-15H,2-5H2,1H3. The van der Waals surface area contributed by atoms with Gasteiger partial charge in [0.25, 0.3) is 0 Å². The van der Waals surface area contributed by atoms with E-state index in [0.29, 0.717) is 12.4 Å². The van der Waals surface area contributed by atoms with Gasteiger partial charge in [-0.2, -0.15) is 0 Å². The van der Waals surface area contributed by atoms with Gasteiger partial charge in [0.15, 0.2) is 0 Å². The van der Waals surface area contributed by atoms with E-state index < -0.39 is 12.9 Å². The summed E-state index contributed by atoms with van der Waals surface area (Å²) in [5.41, 5.74) is 0.102. The molecule has 0 amide bonds. The molecule has 0 aliphatic heterocycles. The quantitative estimate of drug-likeness (QED) is 0.563. The highest BCUT2D eigenvalue weighted by atomic mass is 19.1. The number of hydrogen-bond acceptors (Lipinski definition) is 3. The van der Waals surface area contributed by atoms with Crippen LogP contribution >= 0.6 is 0 Å². The number of ether oxygens (including phenoxy) is 1. The van der Waals surface area contributed by atoms with Gasteiger partial charge in [0, 0.05) is 6.07 Å². The van der Waals surface area contributed by atoms with E-state index in [4.69, 9.17) is 14.8 Å². The van der Waals surface area contributed by atoms with E-state index in [0.717, 1.165) is 25.3 Å². The van der Waals surface area contributed by atoms with Crippen molar-refractivity contribution in [1.29, 1.82) is 0 Å². The summed E-state index contributed by atoms with van der Waals surface area (Å²) in [4.78, 5) is 0. The van der Waals surface area contributed by atoms with Crippen molar-refractivity contribution in [3.8, 4) is 5.75 Å². The Morgan fingerprint density at radius 1 is 1.25 bits per heavy atom. The third kappa shape index (κ3) is 4.20. The van der Waals surface area contributed by atoms with Gasteiger partial charge in [-0.05, 0) is 24.0 Å². The molecule has 0 aromatic heterocycles. The van der Waals surface area contributed by atoms with E-state index in [2.05, 4.69) is 6.92 Å². The molecule has 1 rings (SSSR count). The van der Waals surface area contributed by atoms with E-state index in [9.17, 15) is 4.39 Å². The van der Waals surface area contributed by atoms with Crippen LogP contribution in [0.2, 0.25) is 0 Å². The fourth-order valence-electron chi connectivity index (χ4n) is 1.36. The third-order valence-electron chi connectivity index (χ3n) is 2.21. The average molecular weight is 226 g/mol. The van der Waals surface area contributed by atoms with Crippen LogP contribution < -0.4 is 10.2 Å². The maximum Gasteiger partial charge on any atom is 0.488 e. The molecular weight excluding hydrogens is 210 g/mol. The Morgan fingerprint density at radius 2 is 2.00 bits per heavy atom. The van der Waals surface area contributed by atoms with Crippen LogP contribution in [0, 0.1) is 5.82 Å². The fraction of sp³-hybridized carbons (Fsp3) is 0.455. The Labute approximate surface area is 95.0 Å². The molecule has 0 saturated heterocycles. The molecule has 0 aliphatic carbocycles. The Hall–Kier alpha value is -1.07. The summed E-state index contributed by atoms with van der Waals surface area (Å²) < 4.78 is 18.4. The molecule has 0 radical (unpaired) electrons. The van der Waals surface area contributed by atoms with Crippen LogP contribution in [0.4, 0.5) is 4.39 Å². The minimum atomic E-state index is -1.67. The largest absolute Gasteiger partial charge is 0.494 e. The first-order valence-corrected chi connectivity index (χ1v) is 5.43. The molecule has 1 aromatic carbocycles. The first-order chi connectivity index (χ1) is 7.63. The third-order valence-corrected chi connectivity index (χ3v) is 2.21. The number of rotatable bonds is 6. The molecule has 0 heterocycles. The lowest BCUT2D eigenvalue weighted by Crippen LogP contribution is -2.30. The average Bonchev–Trinajstić information content (AvgIpc) is 2.23. The molecule has 5 heteroatoms. The zero-order valence-electron chi connectivity index (χ0n) is 9.32. The van der Waals surface area contributed by atoms with Crippen molar-refractivity contribution in [2.24, 2.45) is 0 Å². The van der Waals surface area contributed by atoms with Gasteiger partial charge in [0.05, 0.1) is 6.61 Å². The van der Waals surface area contributed by atoms with Gasteiger partial charge in [-0.1, -0.05) is 19.8 Å². The Kier molecular flexibility index (Phi) is 5.28. The van der Waals surface area contributed by atoms with E-state index in [-0.39, 0.29) is 5.46 Å². The Bertz CT molecular complexity index is 331. The summed E-state index contributed by atoms with van der Waals surface area (Å²) in [5, 5.41) is 17.8. The van der Waals surface area contributed by atoms with Crippen LogP contribution in [0.3, 0.4) is 0 Å². The minimum Gasteiger partial charge on any atom is -0.494 e. The summed E-state index contributed by atoms with van der Waals surface area (Å²) in [5.74, 6) is -0.199. The molecule has 0 fully saturated rings. The summed E-state index contributed by atoms with van der Waals surface area (Å²) in [6.45, 7) is 2.60. The molecule has 0 saturated carbocycles. The van der Waals surface area contributed by atoms with Crippen LogP contribution in [-0.2, 0) is 0 Å². The van der Waals surface area contributed by atoms with Crippen LogP contribution in [-0.4, -0.2) is 23.8 Å². The van der Waals surface area contributed by atoms with Gasteiger partial charge >= 0.3 is 7.12 Å². The minimum absolute atomic E-state index is 0.102. The molecule has 16 heavy (non-hydrogen) atoms. The van der Waals surface area contributed by atoms with Crippen molar-refractivity contribution in [2.75, 3.05) is 6.61 Å². The summed E-state index contributed by atoms with van der Waals surface area (Å²) in [6, 6.07) is 3.74. The van der Waals surface area contributed by atoms with Crippen molar-refractivity contribution in [3.63, 3.8) is 0 Å². The highest BCUT2D eigenvalue weighted by Gasteiger charge is 2.13. The lowest BCUT2D eigenvalue weighted by atomic mass is 9.80. The fourth-order valence-corrected chi connectivity index (χ4v) is 1.36. The second-order valence-corrected chi connectivity index (χ2v) is 3.65. The number of hydrogen-bond donors (Lipinski definition) is 2. The zero-order chi connectivity index (χ0) is 12.0. The first-order valence-electron chi connectivity index (χ1n) is 5.43. The highest BCUT2D eigenvalue weighted by Crippen LogP contribution is 2.11. The van der Waals surface area contributed by atoms with Crippen molar-refractivity contribution < 1.29 is 19.2 Å². The van der Waals surface area contributed by atoms with Crippen molar-refractivity contribution in [3.05, 3.63) is 24.0 Å². The molecule has 0 unspecified atom stereocenters. The smallest absolute Gasteiger partial charge is 0.488 e. The van der Waals surface area contributed by atoms with Crippen LogP contribution in [0.1, 0.15) is 26.2 Å². The predicted molar refractivity (Wildman–Crippen MR) is 61.2 cm³/mol. The monoisotopic (exact) mass is 226 g/mol. The van der Waals surface area contributed by atoms with Gasteiger partial charge in [-0.15, -0.1) is 0 Å². The predicted octanol–water partition coefficient (Wildman–Crippen LogP) is 1.07. The van der Waals surface area contributed by atoms with Crippen LogP contribution in [0.25, 0.3) is 0 Å². The van der Waals surface area contributed by atoms with Gasteiger partial charge in [0.2, 0.25) is 0 Å². The number of halogens is 1. The maximum absolute atomic E-state index is 13.1. The molecular formula is C11H16BFO3. The van der Waals surface area contributed by atoms with E-state index >= 15 is 0 Å². The molecule has 0 aliphatic rings. The molecule has 3 nitrogen and oxygen atoms in total. The van der Waals surface area contributed by atoms with Crippen LogP contribution in [0.15, 0.2) is 18.2 Å². The number of benzene rings is 1. The lowest BCUT2D eigenvalue weighted by Gasteiger charge is -2.08. The SMILES string of the molecule is CCCCCOc1cc(F)cc(B(O)O)c1. The van der Waals surface area contributed by atoms with Crippen molar-refractivity contribution in [2.45, 2.75) is 26.2 Å². The molecule has 0 spiro atoms. The molecule has 0 atom stereocenters. The van der Waals surface area contributed by atoms with E-state index in [1.54, 1.807) is 0 Å². The highest BCUT2D eigenvalue weighted by molar-refractivity contribution is 6.58. The van der Waals surface area contributed by atoms with E-state index in [1.165, 1.54) is 12.1 Å². The summed E-state index contributed by atoms with van der Waals surface area (Å²) >= 11 is 0. The zero-order valence-corrected chi connectivity index (χ0v) is 9.32. The van der Waals surface area contributed by atoms with Gasteiger partial charge in [-0.25, -0.2) is 4.39 Å².